The van der Waals surface area contributed by atoms with Gasteiger partial charge in [-0.2, -0.15) is 5.10 Å². The summed E-state index contributed by atoms with van der Waals surface area (Å²) in [6.07, 6.45) is 1.91. The Kier molecular flexibility index (Phi) is 2.78. The molecule has 2 aromatic heterocycles. The molecule has 1 N–H and O–H groups in total. The van der Waals surface area contributed by atoms with Crippen LogP contribution in [0.15, 0.2) is 24.4 Å². The molecule has 0 fully saturated rings. The molecule has 0 radical (unpaired) electrons. The number of hydrogen-bond donors (Lipinski definition) is 1. The third-order valence-electron chi connectivity index (χ3n) is 3.68. The minimum atomic E-state index is 0.752. The lowest BCUT2D eigenvalue weighted by Crippen LogP contribution is -2.01. The minimum absolute atomic E-state index is 0.752. The number of benzene rings is 1. The Labute approximate surface area is 116 Å². The fourth-order valence-electron chi connectivity index (χ4n) is 2.35. The van der Waals surface area contributed by atoms with Crippen LogP contribution >= 0.6 is 12.2 Å². The average Bonchev–Trinajstić information content (AvgIpc) is 2.86. The Morgan fingerprint density at radius 2 is 2.11 bits per heavy atom. The van der Waals surface area contributed by atoms with Crippen molar-refractivity contribution in [3.63, 3.8) is 0 Å². The summed E-state index contributed by atoms with van der Waals surface area (Å²) < 4.78 is 4.77. The highest BCUT2D eigenvalue weighted by Gasteiger charge is 2.09. The van der Waals surface area contributed by atoms with Gasteiger partial charge in [0.05, 0.1) is 23.8 Å². The number of rotatable bonds is 2. The van der Waals surface area contributed by atoms with E-state index >= 15 is 0 Å². The monoisotopic (exact) mass is 272 g/mol. The summed E-state index contributed by atoms with van der Waals surface area (Å²) in [5.41, 5.74) is 5.84. The molecule has 0 unspecified atom stereocenters. The first-order valence-corrected chi connectivity index (χ1v) is 6.64. The molecule has 0 saturated heterocycles. The van der Waals surface area contributed by atoms with Crippen LogP contribution in [0, 0.1) is 18.6 Å². The molecule has 0 bridgehead atoms. The van der Waals surface area contributed by atoms with Crippen LogP contribution in [-0.4, -0.2) is 19.3 Å². The van der Waals surface area contributed by atoms with Gasteiger partial charge in [-0.25, -0.2) is 0 Å². The van der Waals surface area contributed by atoms with Crippen LogP contribution < -0.4 is 0 Å². The number of imidazole rings is 1. The summed E-state index contributed by atoms with van der Waals surface area (Å²) in [7, 11) is 1.96. The van der Waals surface area contributed by atoms with E-state index in [2.05, 4.69) is 46.7 Å². The molecular formula is C14H16N4S. The lowest BCUT2D eigenvalue weighted by Gasteiger charge is -2.04. The molecule has 4 nitrogen and oxygen atoms in total. The zero-order valence-corrected chi connectivity index (χ0v) is 12.1. The second kappa shape index (κ2) is 4.35. The molecule has 0 spiro atoms. The van der Waals surface area contributed by atoms with Crippen molar-refractivity contribution in [3.05, 3.63) is 46.0 Å². The maximum atomic E-state index is 5.44. The Bertz CT molecular complexity index is 807. The van der Waals surface area contributed by atoms with Crippen LogP contribution in [0.25, 0.3) is 11.0 Å². The molecule has 5 heteroatoms. The van der Waals surface area contributed by atoms with Gasteiger partial charge in [0.2, 0.25) is 0 Å². The predicted molar refractivity (Wildman–Crippen MR) is 78.9 cm³/mol. The van der Waals surface area contributed by atoms with Gasteiger partial charge < -0.3 is 9.55 Å². The molecule has 3 aromatic rings. The summed E-state index contributed by atoms with van der Waals surface area (Å²) in [5, 5.41) is 4.28. The molecule has 1 aromatic carbocycles. The van der Waals surface area contributed by atoms with Crippen LogP contribution in [0.3, 0.4) is 0 Å². The maximum Gasteiger partial charge on any atom is 0.178 e. The van der Waals surface area contributed by atoms with Crippen molar-refractivity contribution in [2.45, 2.75) is 20.4 Å². The molecule has 0 amide bonds. The van der Waals surface area contributed by atoms with Gasteiger partial charge in [-0.15, -0.1) is 0 Å². The Balaban J connectivity index is 2.16. The first-order valence-electron chi connectivity index (χ1n) is 6.23. The van der Waals surface area contributed by atoms with E-state index in [4.69, 9.17) is 12.2 Å². The predicted octanol–water partition coefficient (Wildman–Crippen LogP) is 3.10. The molecule has 2 heterocycles. The fraction of sp³-hybridized carbons (Fsp3) is 0.286. The van der Waals surface area contributed by atoms with E-state index in [-0.39, 0.29) is 0 Å². The van der Waals surface area contributed by atoms with E-state index < -0.39 is 0 Å². The maximum absolute atomic E-state index is 5.44. The van der Waals surface area contributed by atoms with Crippen molar-refractivity contribution in [2.75, 3.05) is 0 Å². The topological polar surface area (TPSA) is 38.5 Å². The van der Waals surface area contributed by atoms with Gasteiger partial charge in [-0.05, 0) is 37.7 Å². The fourth-order valence-corrected chi connectivity index (χ4v) is 2.62. The van der Waals surface area contributed by atoms with Gasteiger partial charge >= 0.3 is 0 Å². The second-order valence-electron chi connectivity index (χ2n) is 4.86. The Hall–Kier alpha value is -1.88. The zero-order chi connectivity index (χ0) is 13.6. The highest BCUT2D eigenvalue weighted by atomic mass is 32.1. The van der Waals surface area contributed by atoms with Gasteiger partial charge in [0.15, 0.2) is 4.77 Å². The zero-order valence-electron chi connectivity index (χ0n) is 11.3. The molecule has 0 aliphatic heterocycles. The normalized spacial score (nSPS) is 11.3. The largest absolute Gasteiger partial charge is 0.330 e. The van der Waals surface area contributed by atoms with E-state index in [1.807, 2.05) is 17.9 Å². The lowest BCUT2D eigenvalue weighted by atomic mass is 10.2. The molecule has 19 heavy (non-hydrogen) atoms. The van der Waals surface area contributed by atoms with Crippen LogP contribution in [0.1, 0.15) is 16.8 Å². The number of aryl methyl sites for hydroxylation is 2. The standard InChI is InChI=1S/C14H16N4S/c1-9-5-4-6-12-13(9)16-14(19)18(12)8-11-7-15-17(3)10(11)2/h4-7H,8H2,1-3H3,(H,16,19). The average molecular weight is 272 g/mol. The number of aromatic nitrogens is 4. The minimum Gasteiger partial charge on any atom is -0.330 e. The van der Waals surface area contributed by atoms with Crippen LogP contribution in [0.4, 0.5) is 0 Å². The van der Waals surface area contributed by atoms with Crippen molar-refractivity contribution in [1.82, 2.24) is 19.3 Å². The first-order chi connectivity index (χ1) is 9.08. The molecular weight excluding hydrogens is 256 g/mol. The molecule has 0 aliphatic carbocycles. The number of H-pyrrole nitrogens is 1. The third kappa shape index (κ3) is 1.90. The number of para-hydroxylation sites is 1. The van der Waals surface area contributed by atoms with Gasteiger partial charge in [0.25, 0.3) is 0 Å². The molecule has 98 valence electrons. The quantitative estimate of drug-likeness (QED) is 0.728. The molecule has 0 aliphatic rings. The number of aromatic amines is 1. The number of nitrogens with zero attached hydrogens (tertiary/aromatic N) is 3. The van der Waals surface area contributed by atoms with Gasteiger partial charge in [0, 0.05) is 18.3 Å². The number of fused-ring (bicyclic) bond motifs is 1. The highest BCUT2D eigenvalue weighted by molar-refractivity contribution is 7.71. The lowest BCUT2D eigenvalue weighted by molar-refractivity contribution is 0.732. The van der Waals surface area contributed by atoms with E-state index in [0.29, 0.717) is 0 Å². The summed E-state index contributed by atoms with van der Waals surface area (Å²) in [5.74, 6) is 0. The Morgan fingerprint density at radius 3 is 2.79 bits per heavy atom. The molecule has 0 saturated carbocycles. The summed E-state index contributed by atoms with van der Waals surface area (Å²) in [6.45, 7) is 4.92. The van der Waals surface area contributed by atoms with E-state index in [0.717, 1.165) is 22.3 Å². The SMILES string of the molecule is Cc1cccc2c1[nH]c(=S)n2Cc1cnn(C)c1C. The summed E-state index contributed by atoms with van der Waals surface area (Å²) in [6, 6.07) is 6.25. The Morgan fingerprint density at radius 1 is 1.32 bits per heavy atom. The van der Waals surface area contributed by atoms with Crippen molar-refractivity contribution in [1.29, 1.82) is 0 Å². The number of hydrogen-bond acceptors (Lipinski definition) is 2. The first kappa shape index (κ1) is 12.2. The van der Waals surface area contributed by atoms with Crippen LogP contribution in [0.2, 0.25) is 0 Å². The highest BCUT2D eigenvalue weighted by Crippen LogP contribution is 2.19. The van der Waals surface area contributed by atoms with Crippen LogP contribution in [0.5, 0.6) is 0 Å². The summed E-state index contributed by atoms with van der Waals surface area (Å²) >= 11 is 5.44. The molecule has 0 atom stereocenters. The van der Waals surface area contributed by atoms with Crippen molar-refractivity contribution in [3.8, 4) is 0 Å². The van der Waals surface area contributed by atoms with Gasteiger partial charge in [-0.3, -0.25) is 4.68 Å². The third-order valence-corrected chi connectivity index (χ3v) is 4.01. The molecule has 3 rings (SSSR count). The van der Waals surface area contributed by atoms with Crippen molar-refractivity contribution < 1.29 is 0 Å². The van der Waals surface area contributed by atoms with Gasteiger partial charge in [0.1, 0.15) is 0 Å². The van der Waals surface area contributed by atoms with Crippen molar-refractivity contribution >= 4 is 23.3 Å². The van der Waals surface area contributed by atoms with E-state index in [1.54, 1.807) is 0 Å². The van der Waals surface area contributed by atoms with E-state index in [9.17, 15) is 0 Å². The number of nitrogens with one attached hydrogen (secondary N) is 1. The van der Waals surface area contributed by atoms with Crippen LogP contribution in [-0.2, 0) is 13.6 Å². The van der Waals surface area contributed by atoms with E-state index in [1.165, 1.54) is 16.8 Å². The van der Waals surface area contributed by atoms with Gasteiger partial charge in [-0.1, -0.05) is 12.1 Å². The smallest absolute Gasteiger partial charge is 0.178 e. The van der Waals surface area contributed by atoms with Crippen molar-refractivity contribution in [2.24, 2.45) is 7.05 Å². The summed E-state index contributed by atoms with van der Waals surface area (Å²) in [4.78, 5) is 3.29. The second-order valence-corrected chi connectivity index (χ2v) is 5.25.